The maximum Gasteiger partial charge on any atom is 0.269 e. The largest absolute Gasteiger partial charge is 0.321 e. The second-order valence-electron chi connectivity index (χ2n) is 4.43. The van der Waals surface area contributed by atoms with Crippen molar-refractivity contribution in [3.8, 4) is 11.1 Å². The summed E-state index contributed by atoms with van der Waals surface area (Å²) in [6, 6.07) is 11.1. The van der Waals surface area contributed by atoms with Crippen LogP contribution in [0.25, 0.3) is 11.1 Å². The monoisotopic (exact) mass is 333 g/mol. The molecule has 0 saturated carbocycles. The molecule has 0 unspecified atom stereocenters. The van der Waals surface area contributed by atoms with Gasteiger partial charge in [-0.25, -0.2) is 4.39 Å². The lowest BCUT2D eigenvalue weighted by atomic mass is 10.0. The Morgan fingerprint density at radius 1 is 1.18 bits per heavy atom. The number of amides is 1. The molecule has 0 atom stereocenters. The van der Waals surface area contributed by atoms with Gasteiger partial charge in [0.05, 0.1) is 6.20 Å². The summed E-state index contributed by atoms with van der Waals surface area (Å²) in [4.78, 5) is 12.5. The lowest BCUT2D eigenvalue weighted by Gasteiger charge is -2.11. The molecular formula is C15H9ClFN3OS. The van der Waals surface area contributed by atoms with Gasteiger partial charge in [-0.05, 0) is 47.4 Å². The highest BCUT2D eigenvalue weighted by molar-refractivity contribution is 7.07. The minimum absolute atomic E-state index is 0.336. The zero-order chi connectivity index (χ0) is 15.5. The van der Waals surface area contributed by atoms with E-state index in [0.29, 0.717) is 21.2 Å². The number of halogens is 2. The third kappa shape index (κ3) is 3.13. The van der Waals surface area contributed by atoms with Crippen LogP contribution in [0.2, 0.25) is 5.02 Å². The first-order chi connectivity index (χ1) is 10.6. The van der Waals surface area contributed by atoms with Crippen molar-refractivity contribution in [3.05, 3.63) is 64.4 Å². The molecule has 1 aromatic heterocycles. The number of carbonyl (C=O) groups excluding carboxylic acids is 1. The van der Waals surface area contributed by atoms with E-state index in [9.17, 15) is 9.18 Å². The molecule has 0 bridgehead atoms. The summed E-state index contributed by atoms with van der Waals surface area (Å²) in [5.41, 5.74) is 1.83. The molecule has 2 aromatic carbocycles. The highest BCUT2D eigenvalue weighted by Gasteiger charge is 2.13. The molecule has 0 saturated heterocycles. The van der Waals surface area contributed by atoms with E-state index in [4.69, 9.17) is 11.6 Å². The van der Waals surface area contributed by atoms with Crippen LogP contribution in [-0.2, 0) is 0 Å². The van der Waals surface area contributed by atoms with Crippen LogP contribution in [0.15, 0.2) is 48.7 Å². The van der Waals surface area contributed by atoms with Crippen LogP contribution in [0.3, 0.4) is 0 Å². The van der Waals surface area contributed by atoms with Crippen LogP contribution >= 0.6 is 23.1 Å². The Hall–Kier alpha value is -2.31. The van der Waals surface area contributed by atoms with Crippen molar-refractivity contribution >= 4 is 34.7 Å². The lowest BCUT2D eigenvalue weighted by Crippen LogP contribution is -2.11. The van der Waals surface area contributed by atoms with Gasteiger partial charge in [-0.3, -0.25) is 4.79 Å². The third-order valence-electron chi connectivity index (χ3n) is 2.97. The van der Waals surface area contributed by atoms with Crippen molar-refractivity contribution in [3.63, 3.8) is 0 Å². The van der Waals surface area contributed by atoms with Gasteiger partial charge in [0, 0.05) is 16.3 Å². The number of carbonyl (C=O) groups is 1. The van der Waals surface area contributed by atoms with E-state index in [1.165, 1.54) is 24.4 Å². The van der Waals surface area contributed by atoms with E-state index in [1.807, 2.05) is 0 Å². The summed E-state index contributed by atoms with van der Waals surface area (Å²) in [5.74, 6) is -0.723. The van der Waals surface area contributed by atoms with Crippen LogP contribution < -0.4 is 5.32 Å². The van der Waals surface area contributed by atoms with E-state index in [2.05, 4.69) is 14.9 Å². The average molecular weight is 334 g/mol. The Balaban J connectivity index is 1.97. The Labute approximate surface area is 134 Å². The van der Waals surface area contributed by atoms with Gasteiger partial charge in [-0.2, -0.15) is 0 Å². The van der Waals surface area contributed by atoms with Gasteiger partial charge < -0.3 is 5.32 Å². The zero-order valence-corrected chi connectivity index (χ0v) is 12.7. The van der Waals surface area contributed by atoms with Gasteiger partial charge in [0.2, 0.25) is 0 Å². The highest BCUT2D eigenvalue weighted by atomic mass is 35.5. The van der Waals surface area contributed by atoms with Crippen LogP contribution in [0.1, 0.15) is 9.67 Å². The van der Waals surface area contributed by atoms with Crippen molar-refractivity contribution in [2.75, 3.05) is 5.32 Å². The molecule has 0 aliphatic rings. The molecule has 0 aliphatic carbocycles. The standard InChI is InChI=1S/C15H9ClFN3OS/c16-10-3-1-9(2-4-10)12-7-11(17)5-6-13(12)19-15(21)14-8-18-20-22-14/h1-8H,(H,19,21). The molecule has 0 spiro atoms. The quantitative estimate of drug-likeness (QED) is 0.779. The van der Waals surface area contributed by atoms with Crippen molar-refractivity contribution in [1.29, 1.82) is 0 Å². The Bertz CT molecular complexity index is 806. The van der Waals surface area contributed by atoms with Gasteiger partial charge in [0.15, 0.2) is 0 Å². The van der Waals surface area contributed by atoms with Gasteiger partial charge in [0.25, 0.3) is 5.91 Å². The van der Waals surface area contributed by atoms with Gasteiger partial charge in [-0.15, -0.1) is 5.10 Å². The highest BCUT2D eigenvalue weighted by Crippen LogP contribution is 2.30. The van der Waals surface area contributed by atoms with Gasteiger partial charge in [-0.1, -0.05) is 28.2 Å². The van der Waals surface area contributed by atoms with Crippen LogP contribution in [0.5, 0.6) is 0 Å². The first-order valence-corrected chi connectivity index (χ1v) is 7.43. The first kappa shape index (κ1) is 14.6. The number of hydrogen-bond donors (Lipinski definition) is 1. The van der Waals surface area contributed by atoms with Crippen LogP contribution in [0, 0.1) is 5.82 Å². The molecule has 1 heterocycles. The Kier molecular flexibility index (Phi) is 4.13. The second-order valence-corrected chi connectivity index (χ2v) is 5.65. The summed E-state index contributed by atoms with van der Waals surface area (Å²) in [7, 11) is 0. The van der Waals surface area contributed by atoms with E-state index in [0.717, 1.165) is 17.1 Å². The summed E-state index contributed by atoms with van der Waals surface area (Å²) >= 11 is 6.86. The normalized spacial score (nSPS) is 10.5. The minimum Gasteiger partial charge on any atom is -0.321 e. The predicted octanol–water partition coefficient (Wildman–Crippen LogP) is 4.25. The van der Waals surface area contributed by atoms with Crippen molar-refractivity contribution in [2.45, 2.75) is 0 Å². The van der Waals surface area contributed by atoms with Crippen LogP contribution in [0.4, 0.5) is 10.1 Å². The Morgan fingerprint density at radius 2 is 1.95 bits per heavy atom. The maximum absolute atomic E-state index is 13.6. The SMILES string of the molecule is O=C(Nc1ccc(F)cc1-c1ccc(Cl)cc1)c1cnns1. The summed E-state index contributed by atoms with van der Waals surface area (Å²) < 4.78 is 17.2. The molecule has 0 fully saturated rings. The van der Waals surface area contributed by atoms with Crippen molar-refractivity contribution in [2.24, 2.45) is 0 Å². The maximum atomic E-state index is 13.6. The molecular weight excluding hydrogens is 325 g/mol. The summed E-state index contributed by atoms with van der Waals surface area (Å²) in [6.07, 6.45) is 1.38. The van der Waals surface area contributed by atoms with E-state index in [1.54, 1.807) is 24.3 Å². The fourth-order valence-electron chi connectivity index (χ4n) is 1.94. The number of nitrogens with one attached hydrogen (secondary N) is 1. The fourth-order valence-corrected chi connectivity index (χ4v) is 2.48. The number of benzene rings is 2. The average Bonchev–Trinajstić information content (AvgIpc) is 3.04. The topological polar surface area (TPSA) is 54.9 Å². The molecule has 3 aromatic rings. The fraction of sp³-hybridized carbons (Fsp3) is 0. The van der Waals surface area contributed by atoms with Crippen molar-refractivity contribution in [1.82, 2.24) is 9.59 Å². The second kappa shape index (κ2) is 6.21. The number of nitrogens with zero attached hydrogens (tertiary/aromatic N) is 2. The number of rotatable bonds is 3. The molecule has 1 N–H and O–H groups in total. The van der Waals surface area contributed by atoms with Crippen LogP contribution in [-0.4, -0.2) is 15.5 Å². The summed E-state index contributed by atoms with van der Waals surface area (Å²) in [5, 5.41) is 6.95. The van der Waals surface area contributed by atoms with Crippen molar-refractivity contribution < 1.29 is 9.18 Å². The smallest absolute Gasteiger partial charge is 0.269 e. The molecule has 4 nitrogen and oxygen atoms in total. The molecule has 110 valence electrons. The number of anilines is 1. The number of hydrogen-bond acceptors (Lipinski definition) is 4. The van der Waals surface area contributed by atoms with E-state index < -0.39 is 0 Å². The predicted molar refractivity (Wildman–Crippen MR) is 84.7 cm³/mol. The molecule has 7 heteroatoms. The van der Waals surface area contributed by atoms with E-state index in [-0.39, 0.29) is 11.7 Å². The molecule has 3 rings (SSSR count). The molecule has 0 aliphatic heterocycles. The summed E-state index contributed by atoms with van der Waals surface area (Å²) in [6.45, 7) is 0. The minimum atomic E-state index is -0.387. The lowest BCUT2D eigenvalue weighted by molar-refractivity contribution is 0.103. The molecule has 0 radical (unpaired) electrons. The number of aromatic nitrogens is 2. The zero-order valence-electron chi connectivity index (χ0n) is 11.1. The van der Waals surface area contributed by atoms with Gasteiger partial charge in [0.1, 0.15) is 10.7 Å². The molecule has 1 amide bonds. The Morgan fingerprint density at radius 3 is 2.64 bits per heavy atom. The first-order valence-electron chi connectivity index (χ1n) is 6.28. The third-order valence-corrected chi connectivity index (χ3v) is 3.89. The van der Waals surface area contributed by atoms with E-state index >= 15 is 0 Å². The van der Waals surface area contributed by atoms with Gasteiger partial charge >= 0.3 is 0 Å². The molecule has 22 heavy (non-hydrogen) atoms.